The summed E-state index contributed by atoms with van der Waals surface area (Å²) >= 11 is 4.84. The standard InChI is InChI=1S/C8H10N2O3S/c1-2-13-7(12)5-10-4-3-6(11)9-8(10)14/h3-4H,2,5H2,1H3,(H,9,11,14). The predicted molar refractivity (Wildman–Crippen MR) is 52.5 cm³/mol. The Hall–Kier alpha value is -1.43. The van der Waals surface area contributed by atoms with E-state index >= 15 is 0 Å². The van der Waals surface area contributed by atoms with Crippen molar-refractivity contribution >= 4 is 18.2 Å². The maximum Gasteiger partial charge on any atom is 0.326 e. The Bertz CT molecular complexity index is 435. The molecular weight excluding hydrogens is 204 g/mol. The summed E-state index contributed by atoms with van der Waals surface area (Å²) in [4.78, 5) is 24.3. The van der Waals surface area contributed by atoms with Gasteiger partial charge in [0.15, 0.2) is 4.77 Å². The van der Waals surface area contributed by atoms with Crippen LogP contribution in [0.15, 0.2) is 17.1 Å². The first-order chi connectivity index (χ1) is 6.63. The number of aromatic amines is 1. The Kier molecular flexibility index (Phi) is 3.58. The quantitative estimate of drug-likeness (QED) is 0.586. The van der Waals surface area contributed by atoms with Crippen LogP contribution in [-0.4, -0.2) is 22.1 Å². The number of hydrogen-bond acceptors (Lipinski definition) is 4. The van der Waals surface area contributed by atoms with E-state index in [-0.39, 0.29) is 22.8 Å². The largest absolute Gasteiger partial charge is 0.465 e. The van der Waals surface area contributed by atoms with Crippen molar-refractivity contribution < 1.29 is 9.53 Å². The number of carbonyl (C=O) groups excluding carboxylic acids is 1. The van der Waals surface area contributed by atoms with Crippen molar-refractivity contribution in [3.63, 3.8) is 0 Å². The van der Waals surface area contributed by atoms with Gasteiger partial charge in [0.25, 0.3) is 5.56 Å². The van der Waals surface area contributed by atoms with E-state index in [1.165, 1.54) is 16.8 Å². The van der Waals surface area contributed by atoms with Crippen LogP contribution in [0.1, 0.15) is 6.92 Å². The molecule has 0 aliphatic rings. The lowest BCUT2D eigenvalue weighted by molar-refractivity contribution is -0.143. The molecule has 0 unspecified atom stereocenters. The van der Waals surface area contributed by atoms with E-state index in [0.717, 1.165) is 0 Å². The molecule has 5 nitrogen and oxygen atoms in total. The SMILES string of the molecule is CCOC(=O)Cn1ccc(=O)[nH]c1=S. The van der Waals surface area contributed by atoms with Crippen LogP contribution in [0.4, 0.5) is 0 Å². The third-order valence-corrected chi connectivity index (χ3v) is 1.84. The highest BCUT2D eigenvalue weighted by molar-refractivity contribution is 7.71. The van der Waals surface area contributed by atoms with Crippen molar-refractivity contribution in [3.05, 3.63) is 27.4 Å². The molecular formula is C8H10N2O3S. The lowest BCUT2D eigenvalue weighted by Gasteiger charge is -2.04. The number of hydrogen-bond donors (Lipinski definition) is 1. The molecule has 6 heteroatoms. The fourth-order valence-electron chi connectivity index (χ4n) is 0.914. The van der Waals surface area contributed by atoms with Gasteiger partial charge in [-0.25, -0.2) is 0 Å². The minimum absolute atomic E-state index is 0.0173. The van der Waals surface area contributed by atoms with Gasteiger partial charge in [-0.2, -0.15) is 0 Å². The fraction of sp³-hybridized carbons (Fsp3) is 0.375. The molecule has 0 aliphatic heterocycles. The van der Waals surface area contributed by atoms with Gasteiger partial charge >= 0.3 is 5.97 Å². The van der Waals surface area contributed by atoms with Crippen molar-refractivity contribution in [1.29, 1.82) is 0 Å². The Morgan fingerprint density at radius 3 is 3.00 bits per heavy atom. The van der Waals surface area contributed by atoms with E-state index in [9.17, 15) is 9.59 Å². The molecule has 1 heterocycles. The van der Waals surface area contributed by atoms with E-state index < -0.39 is 0 Å². The average Bonchev–Trinajstić information content (AvgIpc) is 2.10. The van der Waals surface area contributed by atoms with Gasteiger partial charge in [0.1, 0.15) is 6.54 Å². The molecule has 0 aromatic carbocycles. The monoisotopic (exact) mass is 214 g/mol. The van der Waals surface area contributed by atoms with E-state index in [0.29, 0.717) is 6.61 Å². The van der Waals surface area contributed by atoms with Gasteiger partial charge in [-0.05, 0) is 19.1 Å². The first kappa shape index (κ1) is 10.6. The number of rotatable bonds is 3. The van der Waals surface area contributed by atoms with Crippen LogP contribution < -0.4 is 5.56 Å². The second-order valence-corrected chi connectivity index (χ2v) is 2.93. The van der Waals surface area contributed by atoms with Gasteiger partial charge < -0.3 is 9.30 Å². The highest BCUT2D eigenvalue weighted by Gasteiger charge is 2.02. The maximum absolute atomic E-state index is 11.1. The molecule has 1 aromatic heterocycles. The number of ether oxygens (including phenoxy) is 1. The topological polar surface area (TPSA) is 64.1 Å². The summed E-state index contributed by atoms with van der Waals surface area (Å²) in [5.74, 6) is -0.379. The van der Waals surface area contributed by atoms with Crippen molar-refractivity contribution in [2.75, 3.05) is 6.61 Å². The molecule has 14 heavy (non-hydrogen) atoms. The molecule has 0 fully saturated rings. The van der Waals surface area contributed by atoms with Crippen LogP contribution >= 0.6 is 12.2 Å². The van der Waals surface area contributed by atoms with Gasteiger partial charge in [0, 0.05) is 12.3 Å². The van der Waals surface area contributed by atoms with Crippen LogP contribution in [0.25, 0.3) is 0 Å². The summed E-state index contributed by atoms with van der Waals surface area (Å²) < 4.78 is 6.39. The minimum atomic E-state index is -0.379. The normalized spacial score (nSPS) is 9.79. The van der Waals surface area contributed by atoms with E-state index in [1.54, 1.807) is 6.92 Å². The molecule has 0 atom stereocenters. The molecule has 0 bridgehead atoms. The molecule has 0 amide bonds. The van der Waals surface area contributed by atoms with E-state index in [1.807, 2.05) is 0 Å². The number of nitrogens with one attached hydrogen (secondary N) is 1. The van der Waals surface area contributed by atoms with Crippen LogP contribution in [0.3, 0.4) is 0 Å². The molecule has 1 N–H and O–H groups in total. The Labute approximate surface area is 85.3 Å². The number of esters is 1. The first-order valence-electron chi connectivity index (χ1n) is 4.09. The number of aromatic nitrogens is 2. The molecule has 0 spiro atoms. The first-order valence-corrected chi connectivity index (χ1v) is 4.49. The molecule has 0 saturated carbocycles. The number of H-pyrrole nitrogens is 1. The Morgan fingerprint density at radius 1 is 1.71 bits per heavy atom. The van der Waals surface area contributed by atoms with Crippen LogP contribution in [-0.2, 0) is 16.1 Å². The van der Waals surface area contributed by atoms with Crippen molar-refractivity contribution in [1.82, 2.24) is 9.55 Å². The lowest BCUT2D eigenvalue weighted by Crippen LogP contribution is -2.17. The molecule has 0 aliphatic carbocycles. The average molecular weight is 214 g/mol. The van der Waals surface area contributed by atoms with Gasteiger partial charge in [0.05, 0.1) is 6.61 Å². The molecule has 0 radical (unpaired) electrons. The molecule has 1 rings (SSSR count). The second-order valence-electron chi connectivity index (χ2n) is 2.54. The van der Waals surface area contributed by atoms with Crippen molar-refractivity contribution in [3.8, 4) is 0 Å². The summed E-state index contributed by atoms with van der Waals surface area (Å²) in [5.41, 5.74) is -0.282. The van der Waals surface area contributed by atoms with Crippen LogP contribution in [0, 0.1) is 4.77 Å². The lowest BCUT2D eigenvalue weighted by atomic mass is 10.6. The molecule has 76 valence electrons. The fourth-order valence-corrected chi connectivity index (χ4v) is 1.14. The zero-order valence-corrected chi connectivity index (χ0v) is 8.47. The summed E-state index contributed by atoms with van der Waals surface area (Å²) in [5, 5.41) is 0. The highest BCUT2D eigenvalue weighted by atomic mass is 32.1. The predicted octanol–water partition coefficient (Wildman–Crippen LogP) is 0.469. The van der Waals surface area contributed by atoms with Crippen molar-refractivity contribution in [2.24, 2.45) is 0 Å². The van der Waals surface area contributed by atoms with Crippen LogP contribution in [0.5, 0.6) is 0 Å². The van der Waals surface area contributed by atoms with Gasteiger partial charge in [-0.1, -0.05) is 0 Å². The highest BCUT2D eigenvalue weighted by Crippen LogP contribution is 1.89. The zero-order chi connectivity index (χ0) is 10.6. The smallest absolute Gasteiger partial charge is 0.326 e. The Balaban J connectivity index is 2.82. The van der Waals surface area contributed by atoms with Gasteiger partial charge in [-0.3, -0.25) is 14.6 Å². The molecule has 0 saturated heterocycles. The van der Waals surface area contributed by atoms with Crippen LogP contribution in [0.2, 0.25) is 0 Å². The third kappa shape index (κ3) is 2.81. The third-order valence-electron chi connectivity index (χ3n) is 1.50. The number of carbonyl (C=O) groups is 1. The number of nitrogens with zero attached hydrogens (tertiary/aromatic N) is 1. The van der Waals surface area contributed by atoms with Gasteiger partial charge in [0.2, 0.25) is 0 Å². The minimum Gasteiger partial charge on any atom is -0.465 e. The second kappa shape index (κ2) is 4.71. The molecule has 1 aromatic rings. The zero-order valence-electron chi connectivity index (χ0n) is 7.65. The maximum atomic E-state index is 11.1. The summed E-state index contributed by atoms with van der Waals surface area (Å²) in [6, 6.07) is 1.30. The summed E-state index contributed by atoms with van der Waals surface area (Å²) in [6.45, 7) is 2.07. The summed E-state index contributed by atoms with van der Waals surface area (Å²) in [6.07, 6.45) is 1.46. The van der Waals surface area contributed by atoms with Gasteiger partial charge in [-0.15, -0.1) is 0 Å². The van der Waals surface area contributed by atoms with Crippen molar-refractivity contribution in [2.45, 2.75) is 13.5 Å². The van der Waals surface area contributed by atoms with E-state index in [4.69, 9.17) is 17.0 Å². The van der Waals surface area contributed by atoms with E-state index in [2.05, 4.69) is 4.98 Å². The summed E-state index contributed by atoms with van der Waals surface area (Å²) in [7, 11) is 0. The Morgan fingerprint density at radius 2 is 2.43 bits per heavy atom.